The van der Waals surface area contributed by atoms with Crippen LogP contribution in [0, 0.1) is 0 Å². The lowest BCUT2D eigenvalue weighted by molar-refractivity contribution is -0.111. The number of benzene rings is 4. The van der Waals surface area contributed by atoms with Gasteiger partial charge in [0.25, 0.3) is 0 Å². The number of methoxy groups -OCH3 is 1. The van der Waals surface area contributed by atoms with E-state index >= 15 is 0 Å². The molecule has 0 heterocycles. The van der Waals surface area contributed by atoms with Crippen molar-refractivity contribution in [3.05, 3.63) is 125 Å². The fourth-order valence-corrected chi connectivity index (χ4v) is 4.30. The molecular formula is C37H38N2O5. The molecule has 0 bridgehead atoms. The molecule has 4 rings (SSSR count). The maximum absolute atomic E-state index is 12.8. The minimum Gasteiger partial charge on any atom is -0.493 e. The zero-order chi connectivity index (χ0) is 31.4. The van der Waals surface area contributed by atoms with Gasteiger partial charge in [0.2, 0.25) is 5.91 Å². The van der Waals surface area contributed by atoms with E-state index < -0.39 is 11.9 Å². The third kappa shape index (κ3) is 9.42. The van der Waals surface area contributed by atoms with Crippen LogP contribution in [-0.2, 0) is 19.8 Å². The molecule has 226 valence electrons. The molecule has 0 aliphatic carbocycles. The lowest BCUT2D eigenvalue weighted by Crippen LogP contribution is -2.13. The number of hydrogen-bond donors (Lipinski definition) is 1. The van der Waals surface area contributed by atoms with E-state index in [1.54, 1.807) is 30.5 Å². The van der Waals surface area contributed by atoms with E-state index in [2.05, 4.69) is 43.4 Å². The monoisotopic (exact) mass is 590 g/mol. The van der Waals surface area contributed by atoms with Gasteiger partial charge in [-0.25, -0.2) is 4.79 Å². The van der Waals surface area contributed by atoms with Crippen molar-refractivity contribution >= 4 is 29.9 Å². The first-order valence-electron chi connectivity index (χ1n) is 14.5. The number of nitrogens with zero attached hydrogens (tertiary/aromatic N) is 1. The molecular weight excluding hydrogens is 552 g/mol. The van der Waals surface area contributed by atoms with Gasteiger partial charge < -0.3 is 19.6 Å². The Morgan fingerprint density at radius 1 is 0.818 bits per heavy atom. The molecule has 4 aromatic carbocycles. The number of esters is 1. The summed E-state index contributed by atoms with van der Waals surface area (Å²) in [7, 11) is 1.29. The molecule has 0 spiro atoms. The molecule has 1 N–H and O–H groups in total. The number of nitrogens with one attached hydrogen (secondary N) is 1. The Kier molecular flexibility index (Phi) is 11.1. The third-order valence-electron chi connectivity index (χ3n) is 6.80. The predicted molar refractivity (Wildman–Crippen MR) is 176 cm³/mol. The number of oxime groups is 1. The second-order valence-corrected chi connectivity index (χ2v) is 11.2. The number of carbonyl (C=O) groups is 2. The highest BCUT2D eigenvalue weighted by molar-refractivity contribution is 6.06. The van der Waals surface area contributed by atoms with Gasteiger partial charge in [0.05, 0.1) is 31.2 Å². The molecule has 4 aromatic rings. The van der Waals surface area contributed by atoms with E-state index in [0.717, 1.165) is 22.3 Å². The molecule has 0 unspecified atom stereocenters. The van der Waals surface area contributed by atoms with Gasteiger partial charge in [0.1, 0.15) is 12.4 Å². The highest BCUT2D eigenvalue weighted by atomic mass is 16.6. The van der Waals surface area contributed by atoms with Crippen molar-refractivity contribution in [2.24, 2.45) is 5.16 Å². The number of hydrogen-bond acceptors (Lipinski definition) is 6. The number of rotatable bonds is 12. The van der Waals surface area contributed by atoms with Gasteiger partial charge >= 0.3 is 5.97 Å². The maximum Gasteiger partial charge on any atom is 0.339 e. The van der Waals surface area contributed by atoms with Crippen LogP contribution in [0.5, 0.6) is 5.75 Å². The average molecular weight is 591 g/mol. The molecule has 44 heavy (non-hydrogen) atoms. The summed E-state index contributed by atoms with van der Waals surface area (Å²) in [6, 6.07) is 31.0. The Bertz CT molecular complexity index is 1590. The molecule has 0 saturated heterocycles. The maximum atomic E-state index is 12.8. The third-order valence-corrected chi connectivity index (χ3v) is 6.80. The van der Waals surface area contributed by atoms with E-state index in [0.29, 0.717) is 31.1 Å². The Labute approximate surface area is 259 Å². The zero-order valence-corrected chi connectivity index (χ0v) is 25.6. The summed E-state index contributed by atoms with van der Waals surface area (Å²) in [6.07, 6.45) is 5.41. The first kappa shape index (κ1) is 31.8. The van der Waals surface area contributed by atoms with Crippen molar-refractivity contribution in [1.82, 2.24) is 0 Å². The standard InChI is InChI=1S/C37H38N2O5/c1-37(2,3)31-18-13-28(14-19-31)26-38-44-24-8-23-43-32-20-21-33(36(41)42-4)34(25-32)39-35(40)22-15-27-11-16-30(17-12-27)29-9-6-5-7-10-29/h5-7,9-22,25-26H,8,23-24H2,1-4H3,(H,39,40). The molecule has 7 heteroatoms. The van der Waals surface area contributed by atoms with Crippen LogP contribution in [0.15, 0.2) is 108 Å². The molecule has 0 fully saturated rings. The lowest BCUT2D eigenvalue weighted by atomic mass is 9.87. The van der Waals surface area contributed by atoms with Crippen LogP contribution < -0.4 is 10.1 Å². The zero-order valence-electron chi connectivity index (χ0n) is 25.6. The predicted octanol–water partition coefficient (Wildman–Crippen LogP) is 7.91. The van der Waals surface area contributed by atoms with Crippen LogP contribution in [0.4, 0.5) is 5.69 Å². The van der Waals surface area contributed by atoms with Gasteiger partial charge in [-0.05, 0) is 51.4 Å². The second kappa shape index (κ2) is 15.3. The van der Waals surface area contributed by atoms with Gasteiger partial charge in [0, 0.05) is 18.6 Å². The highest BCUT2D eigenvalue weighted by Gasteiger charge is 2.15. The van der Waals surface area contributed by atoms with Crippen molar-refractivity contribution < 1.29 is 23.9 Å². The van der Waals surface area contributed by atoms with Crippen LogP contribution in [0.1, 0.15) is 54.2 Å². The minimum atomic E-state index is -0.563. The quantitative estimate of drug-likeness (QED) is 0.0596. The smallest absolute Gasteiger partial charge is 0.339 e. The summed E-state index contributed by atoms with van der Waals surface area (Å²) < 4.78 is 10.7. The van der Waals surface area contributed by atoms with E-state index in [-0.39, 0.29) is 11.0 Å². The summed E-state index contributed by atoms with van der Waals surface area (Å²) in [4.78, 5) is 30.4. The fourth-order valence-electron chi connectivity index (χ4n) is 4.30. The summed E-state index contributed by atoms with van der Waals surface area (Å²) in [5.74, 6) is -0.457. The van der Waals surface area contributed by atoms with Crippen molar-refractivity contribution in [2.75, 3.05) is 25.6 Å². The number of ether oxygens (including phenoxy) is 2. The molecule has 0 atom stereocenters. The van der Waals surface area contributed by atoms with E-state index in [1.807, 2.05) is 66.7 Å². The Morgan fingerprint density at radius 3 is 2.18 bits per heavy atom. The van der Waals surface area contributed by atoms with Crippen molar-refractivity contribution in [2.45, 2.75) is 32.6 Å². The van der Waals surface area contributed by atoms with Crippen molar-refractivity contribution in [1.29, 1.82) is 0 Å². The SMILES string of the molecule is COC(=O)c1ccc(OCCCON=Cc2ccc(C(C)(C)C)cc2)cc1NC(=O)C=Cc1ccc(-c2ccccc2)cc1. The Morgan fingerprint density at radius 2 is 1.50 bits per heavy atom. The summed E-state index contributed by atoms with van der Waals surface area (Å²) in [5, 5.41) is 6.81. The summed E-state index contributed by atoms with van der Waals surface area (Å²) >= 11 is 0. The Hall–Kier alpha value is -5.17. The molecule has 0 radical (unpaired) electrons. The fraction of sp³-hybridized carbons (Fsp3) is 0.216. The van der Waals surface area contributed by atoms with Crippen LogP contribution in [0.25, 0.3) is 17.2 Å². The van der Waals surface area contributed by atoms with Gasteiger partial charge in [-0.1, -0.05) is 105 Å². The van der Waals surface area contributed by atoms with E-state index in [1.165, 1.54) is 18.7 Å². The van der Waals surface area contributed by atoms with Crippen molar-refractivity contribution in [3.8, 4) is 16.9 Å². The van der Waals surface area contributed by atoms with Gasteiger partial charge in [-0.15, -0.1) is 0 Å². The number of carbonyl (C=O) groups excluding carboxylic acids is 2. The largest absolute Gasteiger partial charge is 0.493 e. The van der Waals surface area contributed by atoms with Crippen LogP contribution in [0.2, 0.25) is 0 Å². The first-order chi connectivity index (χ1) is 21.2. The highest BCUT2D eigenvalue weighted by Crippen LogP contribution is 2.25. The number of anilines is 1. The molecule has 1 amide bonds. The van der Waals surface area contributed by atoms with Crippen molar-refractivity contribution in [3.63, 3.8) is 0 Å². The molecule has 0 saturated carbocycles. The van der Waals surface area contributed by atoms with Gasteiger partial charge in [0.15, 0.2) is 0 Å². The van der Waals surface area contributed by atoms with Gasteiger partial charge in [-0.2, -0.15) is 0 Å². The molecule has 0 aliphatic rings. The van der Waals surface area contributed by atoms with Gasteiger partial charge in [-0.3, -0.25) is 4.79 Å². The van der Waals surface area contributed by atoms with E-state index in [9.17, 15) is 9.59 Å². The lowest BCUT2D eigenvalue weighted by Gasteiger charge is -2.18. The summed E-state index contributed by atoms with van der Waals surface area (Å²) in [5.41, 5.74) is 5.93. The molecule has 0 aliphatic heterocycles. The average Bonchev–Trinajstić information content (AvgIpc) is 3.03. The van der Waals surface area contributed by atoms with Crippen LogP contribution in [0.3, 0.4) is 0 Å². The molecule has 7 nitrogen and oxygen atoms in total. The van der Waals surface area contributed by atoms with Crippen LogP contribution >= 0.6 is 0 Å². The number of amides is 1. The normalized spacial score (nSPS) is 11.5. The topological polar surface area (TPSA) is 86.2 Å². The minimum absolute atomic E-state index is 0.103. The first-order valence-corrected chi connectivity index (χ1v) is 14.5. The van der Waals surface area contributed by atoms with Crippen LogP contribution in [-0.4, -0.2) is 38.4 Å². The second-order valence-electron chi connectivity index (χ2n) is 11.2. The Balaban J connectivity index is 1.28. The van der Waals surface area contributed by atoms with E-state index in [4.69, 9.17) is 14.3 Å². The summed E-state index contributed by atoms with van der Waals surface area (Å²) in [6.45, 7) is 7.27. The molecule has 0 aromatic heterocycles.